The maximum Gasteiger partial charge on any atom is 0.372 e. The number of nitrogens with two attached hydrogens (primary N) is 1. The Hall–Kier alpha value is -1.92. The average Bonchev–Trinajstić information content (AvgIpc) is 2.14. The van der Waals surface area contributed by atoms with E-state index < -0.39 is 10.6 Å². The van der Waals surface area contributed by atoms with Crippen LogP contribution in [0.1, 0.15) is 26.6 Å². The Bertz CT molecular complexity index is 425. The molecule has 1 heterocycles. The molecule has 0 amide bonds. The lowest BCUT2D eigenvalue weighted by Crippen LogP contribution is -2.18. The molecular weight excluding hydrogens is 212 g/mol. The topological polar surface area (TPSA) is 104 Å². The largest absolute Gasteiger partial charge is 0.476 e. The molecule has 0 fully saturated rings. The third-order valence-electron chi connectivity index (χ3n) is 1.93. The van der Waals surface area contributed by atoms with E-state index in [1.807, 2.05) is 20.8 Å². The summed E-state index contributed by atoms with van der Waals surface area (Å²) < 4.78 is 4.85. The molecule has 0 radical (unpaired) electrons. The van der Waals surface area contributed by atoms with Gasteiger partial charge in [0, 0.05) is 5.41 Å². The first-order chi connectivity index (χ1) is 7.27. The van der Waals surface area contributed by atoms with Crippen molar-refractivity contribution in [2.45, 2.75) is 26.2 Å². The summed E-state index contributed by atoms with van der Waals surface area (Å²) in [7, 11) is 1.31. The van der Waals surface area contributed by atoms with Crippen molar-refractivity contribution in [3.8, 4) is 5.88 Å². The average molecular weight is 226 g/mol. The van der Waals surface area contributed by atoms with Crippen LogP contribution in [-0.4, -0.2) is 22.0 Å². The van der Waals surface area contributed by atoms with Crippen LogP contribution in [0.25, 0.3) is 0 Å². The Morgan fingerprint density at radius 2 is 1.94 bits per heavy atom. The van der Waals surface area contributed by atoms with Gasteiger partial charge >= 0.3 is 5.69 Å². The van der Waals surface area contributed by atoms with Gasteiger partial charge in [-0.15, -0.1) is 0 Å². The molecule has 0 unspecified atom stereocenters. The highest BCUT2D eigenvalue weighted by atomic mass is 16.6. The van der Waals surface area contributed by atoms with Crippen molar-refractivity contribution >= 4 is 11.5 Å². The smallest absolute Gasteiger partial charge is 0.372 e. The van der Waals surface area contributed by atoms with Crippen molar-refractivity contribution in [1.82, 2.24) is 9.97 Å². The second-order valence-electron chi connectivity index (χ2n) is 4.30. The van der Waals surface area contributed by atoms with Crippen LogP contribution in [0.15, 0.2) is 0 Å². The molecule has 0 atom stereocenters. The first kappa shape index (κ1) is 12.2. The lowest BCUT2D eigenvalue weighted by atomic mass is 9.96. The van der Waals surface area contributed by atoms with E-state index in [1.54, 1.807) is 0 Å². The zero-order chi connectivity index (χ0) is 12.5. The number of anilines is 1. The number of hydrogen-bond donors (Lipinski definition) is 1. The first-order valence-electron chi connectivity index (χ1n) is 4.63. The van der Waals surface area contributed by atoms with Crippen molar-refractivity contribution in [1.29, 1.82) is 0 Å². The fourth-order valence-electron chi connectivity index (χ4n) is 1.10. The van der Waals surface area contributed by atoms with Crippen LogP contribution < -0.4 is 10.5 Å². The molecule has 0 aromatic carbocycles. The summed E-state index contributed by atoms with van der Waals surface area (Å²) >= 11 is 0. The summed E-state index contributed by atoms with van der Waals surface area (Å²) in [5, 5.41) is 10.7. The molecule has 0 bridgehead atoms. The van der Waals surface area contributed by atoms with Gasteiger partial charge in [0.25, 0.3) is 5.88 Å². The number of nitrogen functional groups attached to an aromatic ring is 1. The number of hydrogen-bond acceptors (Lipinski definition) is 6. The van der Waals surface area contributed by atoms with E-state index in [0.717, 1.165) is 0 Å². The summed E-state index contributed by atoms with van der Waals surface area (Å²) in [5.41, 5.74) is 4.78. The Morgan fingerprint density at radius 3 is 2.31 bits per heavy atom. The monoisotopic (exact) mass is 226 g/mol. The number of nitro groups is 1. The Balaban J connectivity index is 3.44. The molecule has 0 spiro atoms. The van der Waals surface area contributed by atoms with E-state index in [9.17, 15) is 10.1 Å². The molecule has 1 aromatic heterocycles. The highest BCUT2D eigenvalue weighted by Crippen LogP contribution is 2.32. The van der Waals surface area contributed by atoms with Crippen molar-refractivity contribution in [3.05, 3.63) is 15.9 Å². The Morgan fingerprint density at radius 1 is 1.38 bits per heavy atom. The van der Waals surface area contributed by atoms with Gasteiger partial charge in [-0.25, -0.2) is 4.98 Å². The molecule has 16 heavy (non-hydrogen) atoms. The Labute approximate surface area is 92.8 Å². The van der Waals surface area contributed by atoms with E-state index in [0.29, 0.717) is 5.82 Å². The lowest BCUT2D eigenvalue weighted by molar-refractivity contribution is -0.385. The predicted molar refractivity (Wildman–Crippen MR) is 58.4 cm³/mol. The number of aromatic nitrogens is 2. The summed E-state index contributed by atoms with van der Waals surface area (Å²) in [4.78, 5) is 18.0. The minimum absolute atomic E-state index is 0.109. The van der Waals surface area contributed by atoms with E-state index in [2.05, 4.69) is 9.97 Å². The fraction of sp³-hybridized carbons (Fsp3) is 0.556. The third kappa shape index (κ3) is 2.18. The van der Waals surface area contributed by atoms with Crippen molar-refractivity contribution in [2.24, 2.45) is 0 Å². The van der Waals surface area contributed by atoms with Crippen molar-refractivity contribution in [2.75, 3.05) is 12.8 Å². The molecule has 0 aliphatic heterocycles. The number of nitrogens with zero attached hydrogens (tertiary/aromatic N) is 3. The normalized spacial score (nSPS) is 11.2. The zero-order valence-electron chi connectivity index (χ0n) is 9.64. The molecule has 7 nitrogen and oxygen atoms in total. The quantitative estimate of drug-likeness (QED) is 0.601. The maximum absolute atomic E-state index is 10.7. The molecule has 1 rings (SSSR count). The van der Waals surface area contributed by atoms with Crippen LogP contribution in [0.3, 0.4) is 0 Å². The minimum Gasteiger partial charge on any atom is -0.476 e. The van der Waals surface area contributed by atoms with Gasteiger partial charge in [0.1, 0.15) is 5.82 Å². The second kappa shape index (κ2) is 3.92. The van der Waals surface area contributed by atoms with Crippen LogP contribution in [-0.2, 0) is 5.41 Å². The molecule has 1 aromatic rings. The minimum atomic E-state index is -0.652. The van der Waals surface area contributed by atoms with Crippen LogP contribution >= 0.6 is 0 Å². The molecular formula is C9H14N4O3. The molecule has 0 aliphatic carbocycles. The summed E-state index contributed by atoms with van der Waals surface area (Å²) in [5.74, 6) is 0.122. The highest BCUT2D eigenvalue weighted by Gasteiger charge is 2.27. The number of methoxy groups -OCH3 is 1. The fourth-order valence-corrected chi connectivity index (χ4v) is 1.10. The summed E-state index contributed by atoms with van der Waals surface area (Å²) in [6.45, 7) is 5.65. The first-order valence-corrected chi connectivity index (χ1v) is 4.63. The van der Waals surface area contributed by atoms with Gasteiger partial charge in [-0.1, -0.05) is 20.8 Å². The highest BCUT2D eigenvalue weighted by molar-refractivity contribution is 5.58. The van der Waals surface area contributed by atoms with Gasteiger partial charge in [-0.3, -0.25) is 10.1 Å². The third-order valence-corrected chi connectivity index (χ3v) is 1.93. The van der Waals surface area contributed by atoms with Gasteiger partial charge in [0.15, 0.2) is 0 Å². The van der Waals surface area contributed by atoms with E-state index in [1.165, 1.54) is 7.11 Å². The Kier molecular flexibility index (Phi) is 2.97. The number of ether oxygens (including phenoxy) is 1. The molecule has 0 saturated carbocycles. The standard InChI is InChI=1S/C9H14N4O3/c1-9(2,3)8-11-6(10)5(13(14)15)7(12-8)16-4/h1-4H3,(H2,10,11,12). The molecule has 0 saturated heterocycles. The molecule has 7 heteroatoms. The van der Waals surface area contributed by atoms with Crippen LogP contribution in [0.2, 0.25) is 0 Å². The second-order valence-corrected chi connectivity index (χ2v) is 4.30. The summed E-state index contributed by atoms with van der Waals surface area (Å²) in [6.07, 6.45) is 0. The van der Waals surface area contributed by atoms with Crippen LogP contribution in [0.5, 0.6) is 5.88 Å². The number of rotatable bonds is 2. The van der Waals surface area contributed by atoms with Gasteiger partial charge in [0.2, 0.25) is 5.82 Å². The van der Waals surface area contributed by atoms with Crippen molar-refractivity contribution < 1.29 is 9.66 Å². The zero-order valence-corrected chi connectivity index (χ0v) is 9.64. The van der Waals surface area contributed by atoms with E-state index in [4.69, 9.17) is 10.5 Å². The molecule has 88 valence electrons. The lowest BCUT2D eigenvalue weighted by Gasteiger charge is -2.17. The maximum atomic E-state index is 10.7. The van der Waals surface area contributed by atoms with Gasteiger partial charge in [-0.2, -0.15) is 4.98 Å². The summed E-state index contributed by atoms with van der Waals surface area (Å²) in [6, 6.07) is 0. The molecule has 2 N–H and O–H groups in total. The van der Waals surface area contributed by atoms with E-state index in [-0.39, 0.29) is 17.1 Å². The van der Waals surface area contributed by atoms with Gasteiger partial charge in [-0.05, 0) is 0 Å². The van der Waals surface area contributed by atoms with Crippen LogP contribution in [0.4, 0.5) is 11.5 Å². The van der Waals surface area contributed by atoms with Gasteiger partial charge in [0.05, 0.1) is 12.0 Å². The van der Waals surface area contributed by atoms with Crippen molar-refractivity contribution in [3.63, 3.8) is 0 Å². The van der Waals surface area contributed by atoms with Crippen LogP contribution in [0, 0.1) is 10.1 Å². The predicted octanol–water partition coefficient (Wildman–Crippen LogP) is 1.27. The van der Waals surface area contributed by atoms with Gasteiger partial charge < -0.3 is 10.5 Å². The van der Waals surface area contributed by atoms with E-state index >= 15 is 0 Å². The SMILES string of the molecule is COc1nc(C(C)(C)C)nc(N)c1[N+](=O)[O-]. The molecule has 0 aliphatic rings.